The highest BCUT2D eigenvalue weighted by molar-refractivity contribution is 5.70. The lowest BCUT2D eigenvalue weighted by molar-refractivity contribution is -0.00508. The van der Waals surface area contributed by atoms with Gasteiger partial charge in [0.15, 0.2) is 11.4 Å². The van der Waals surface area contributed by atoms with Crippen molar-refractivity contribution in [2.75, 3.05) is 19.4 Å². The van der Waals surface area contributed by atoms with Crippen LogP contribution in [0.4, 0.5) is 14.9 Å². The molecule has 8 nitrogen and oxygen atoms in total. The summed E-state index contributed by atoms with van der Waals surface area (Å²) in [6, 6.07) is -0.763. The van der Waals surface area contributed by atoms with E-state index in [0.717, 1.165) is 0 Å². The number of pyridine rings is 1. The molecule has 0 spiro atoms. The molecule has 160 valence electrons. The molecule has 3 rings (SSSR count). The summed E-state index contributed by atoms with van der Waals surface area (Å²) in [5.74, 6) is -0.655. The number of nitrogens with one attached hydrogen (secondary N) is 1. The molecule has 2 aromatic rings. The fourth-order valence-corrected chi connectivity index (χ4v) is 3.93. The van der Waals surface area contributed by atoms with E-state index in [1.54, 1.807) is 22.4 Å². The SMILES string of the molecule is COc1c(N)c(C2NC[C@H](C)N(C(=O)OC(C)(C)C)[C@H]2C)n2cc(C)nc2c1F. The van der Waals surface area contributed by atoms with E-state index in [4.69, 9.17) is 15.2 Å². The molecule has 0 radical (unpaired) electrons. The Kier molecular flexibility index (Phi) is 5.38. The molecule has 0 bridgehead atoms. The van der Waals surface area contributed by atoms with Crippen LogP contribution in [-0.2, 0) is 4.74 Å². The third kappa shape index (κ3) is 3.71. The molecule has 3 atom stereocenters. The molecule has 0 aliphatic carbocycles. The minimum absolute atomic E-state index is 0.0467. The number of piperazine rings is 1. The molecule has 1 fully saturated rings. The molecule has 3 heterocycles. The van der Waals surface area contributed by atoms with Crippen molar-refractivity contribution in [2.24, 2.45) is 0 Å². The summed E-state index contributed by atoms with van der Waals surface area (Å²) in [5, 5.41) is 3.44. The van der Waals surface area contributed by atoms with Crippen LogP contribution in [0.2, 0.25) is 0 Å². The Hall–Kier alpha value is -2.55. The largest absolute Gasteiger partial charge is 0.491 e. The number of aryl methyl sites for hydroxylation is 1. The van der Waals surface area contributed by atoms with Crippen LogP contribution in [0.1, 0.15) is 52.0 Å². The summed E-state index contributed by atoms with van der Waals surface area (Å²) < 4.78 is 27.3. The zero-order valence-electron chi connectivity index (χ0n) is 18.0. The number of halogens is 1. The van der Waals surface area contributed by atoms with Crippen molar-refractivity contribution < 1.29 is 18.7 Å². The lowest BCUT2D eigenvalue weighted by atomic mass is 9.97. The van der Waals surface area contributed by atoms with E-state index >= 15 is 0 Å². The number of fused-ring (bicyclic) bond motifs is 1. The number of methoxy groups -OCH3 is 1. The van der Waals surface area contributed by atoms with Crippen molar-refractivity contribution in [2.45, 2.75) is 65.3 Å². The van der Waals surface area contributed by atoms with Crippen LogP contribution in [0.3, 0.4) is 0 Å². The Morgan fingerprint density at radius 2 is 2.03 bits per heavy atom. The number of imidazole rings is 1. The van der Waals surface area contributed by atoms with Crippen LogP contribution in [0, 0.1) is 12.7 Å². The third-order valence-corrected chi connectivity index (χ3v) is 5.13. The molecule has 1 saturated heterocycles. The number of nitrogen functional groups attached to an aromatic ring is 1. The number of anilines is 1. The molecule has 0 saturated carbocycles. The number of amides is 1. The number of aromatic nitrogens is 2. The number of hydrogen-bond acceptors (Lipinski definition) is 6. The van der Waals surface area contributed by atoms with Crippen molar-refractivity contribution in [3.63, 3.8) is 0 Å². The zero-order valence-corrected chi connectivity index (χ0v) is 18.0. The van der Waals surface area contributed by atoms with Gasteiger partial charge < -0.3 is 20.5 Å². The Morgan fingerprint density at radius 1 is 1.38 bits per heavy atom. The molecular formula is C20H30FN5O3. The standard InChI is InChI=1S/C20H30FN5O3/c1-10-9-25-16(14(22)17(28-7)13(21)18(25)24-10)15-12(3)26(11(2)8-23-15)19(27)29-20(4,5)6/h9,11-12,15,23H,8,22H2,1-7H3/t11-,12-,15?/m0/s1. The Labute approximate surface area is 170 Å². The zero-order chi connectivity index (χ0) is 21.7. The molecule has 29 heavy (non-hydrogen) atoms. The van der Waals surface area contributed by atoms with Crippen molar-refractivity contribution in [3.8, 4) is 5.75 Å². The number of nitrogens with two attached hydrogens (primary N) is 1. The van der Waals surface area contributed by atoms with Gasteiger partial charge in [-0.25, -0.2) is 9.78 Å². The smallest absolute Gasteiger partial charge is 0.410 e. The molecule has 1 unspecified atom stereocenters. The lowest BCUT2D eigenvalue weighted by Gasteiger charge is -2.44. The molecule has 3 N–H and O–H groups in total. The van der Waals surface area contributed by atoms with E-state index in [1.807, 2.05) is 34.6 Å². The number of ether oxygens (including phenoxy) is 2. The third-order valence-electron chi connectivity index (χ3n) is 5.13. The van der Waals surface area contributed by atoms with E-state index in [1.165, 1.54) is 7.11 Å². The highest BCUT2D eigenvalue weighted by Crippen LogP contribution is 2.38. The maximum absolute atomic E-state index is 14.8. The van der Waals surface area contributed by atoms with E-state index in [2.05, 4.69) is 10.3 Å². The Balaban J connectivity index is 2.11. The first kappa shape index (κ1) is 21.2. The van der Waals surface area contributed by atoms with Gasteiger partial charge >= 0.3 is 6.09 Å². The minimum atomic E-state index is -0.609. The summed E-state index contributed by atoms with van der Waals surface area (Å²) in [6.45, 7) is 11.7. The number of rotatable bonds is 2. The van der Waals surface area contributed by atoms with E-state index in [-0.39, 0.29) is 35.2 Å². The van der Waals surface area contributed by atoms with E-state index in [0.29, 0.717) is 17.9 Å². The summed E-state index contributed by atoms with van der Waals surface area (Å²) in [7, 11) is 1.37. The highest BCUT2D eigenvalue weighted by Gasteiger charge is 2.40. The maximum atomic E-state index is 14.8. The predicted octanol–water partition coefficient (Wildman–Crippen LogP) is 3.03. The van der Waals surface area contributed by atoms with Gasteiger partial charge in [-0.15, -0.1) is 0 Å². The fraction of sp³-hybridized carbons (Fsp3) is 0.600. The average molecular weight is 407 g/mol. The Bertz CT molecular complexity index is 937. The molecular weight excluding hydrogens is 377 g/mol. The summed E-state index contributed by atoms with van der Waals surface area (Å²) in [6.07, 6.45) is 1.34. The monoisotopic (exact) mass is 407 g/mol. The number of carbonyl (C=O) groups excluding carboxylic acids is 1. The minimum Gasteiger partial charge on any atom is -0.491 e. The second-order valence-electron chi connectivity index (χ2n) is 8.59. The van der Waals surface area contributed by atoms with Crippen molar-refractivity contribution in [1.29, 1.82) is 0 Å². The quantitative estimate of drug-likeness (QED) is 0.795. The first-order valence-electron chi connectivity index (χ1n) is 9.71. The summed E-state index contributed by atoms with van der Waals surface area (Å²) >= 11 is 0. The molecule has 1 amide bonds. The second kappa shape index (κ2) is 7.37. The van der Waals surface area contributed by atoms with Gasteiger partial charge in [0.05, 0.1) is 36.3 Å². The number of carbonyl (C=O) groups is 1. The van der Waals surface area contributed by atoms with Crippen LogP contribution in [0.25, 0.3) is 5.65 Å². The maximum Gasteiger partial charge on any atom is 0.410 e. The van der Waals surface area contributed by atoms with Crippen molar-refractivity contribution >= 4 is 17.4 Å². The van der Waals surface area contributed by atoms with Crippen molar-refractivity contribution in [1.82, 2.24) is 19.6 Å². The van der Waals surface area contributed by atoms with Crippen LogP contribution in [0.15, 0.2) is 6.20 Å². The molecule has 9 heteroatoms. The van der Waals surface area contributed by atoms with Crippen LogP contribution < -0.4 is 15.8 Å². The van der Waals surface area contributed by atoms with Gasteiger partial charge in [0, 0.05) is 18.8 Å². The Morgan fingerprint density at radius 3 is 2.62 bits per heavy atom. The number of nitrogens with zero attached hydrogens (tertiary/aromatic N) is 3. The first-order valence-corrected chi connectivity index (χ1v) is 9.71. The lowest BCUT2D eigenvalue weighted by Crippen LogP contribution is -2.59. The van der Waals surface area contributed by atoms with Gasteiger partial charge in [-0.1, -0.05) is 0 Å². The van der Waals surface area contributed by atoms with Gasteiger partial charge in [-0.3, -0.25) is 9.30 Å². The van der Waals surface area contributed by atoms with Crippen LogP contribution >= 0.6 is 0 Å². The van der Waals surface area contributed by atoms with Gasteiger partial charge in [-0.2, -0.15) is 4.39 Å². The normalized spacial score (nSPS) is 22.8. The number of hydrogen-bond donors (Lipinski definition) is 2. The predicted molar refractivity (Wildman–Crippen MR) is 109 cm³/mol. The molecule has 2 aromatic heterocycles. The molecule has 1 aliphatic rings. The fourth-order valence-electron chi connectivity index (χ4n) is 3.93. The van der Waals surface area contributed by atoms with Crippen LogP contribution in [-0.4, -0.2) is 51.7 Å². The van der Waals surface area contributed by atoms with Crippen molar-refractivity contribution in [3.05, 3.63) is 23.4 Å². The van der Waals surface area contributed by atoms with Gasteiger partial charge in [0.2, 0.25) is 5.82 Å². The van der Waals surface area contributed by atoms with Gasteiger partial charge in [-0.05, 0) is 41.5 Å². The first-order chi connectivity index (χ1) is 13.5. The second-order valence-corrected chi connectivity index (χ2v) is 8.59. The highest BCUT2D eigenvalue weighted by atomic mass is 19.1. The summed E-state index contributed by atoms with van der Waals surface area (Å²) in [5.41, 5.74) is 7.30. The topological polar surface area (TPSA) is 94.1 Å². The van der Waals surface area contributed by atoms with E-state index < -0.39 is 17.5 Å². The van der Waals surface area contributed by atoms with Crippen LogP contribution in [0.5, 0.6) is 5.75 Å². The molecule has 0 aromatic carbocycles. The molecule has 1 aliphatic heterocycles. The average Bonchev–Trinajstić information content (AvgIpc) is 2.97. The summed E-state index contributed by atoms with van der Waals surface area (Å²) in [4.78, 5) is 18.9. The van der Waals surface area contributed by atoms with Gasteiger partial charge in [0.1, 0.15) is 5.60 Å². The van der Waals surface area contributed by atoms with E-state index in [9.17, 15) is 9.18 Å². The van der Waals surface area contributed by atoms with Gasteiger partial charge in [0.25, 0.3) is 0 Å².